The van der Waals surface area contributed by atoms with E-state index in [2.05, 4.69) is 19.0 Å². The van der Waals surface area contributed by atoms with E-state index in [1.165, 1.54) is 4.90 Å². The fourth-order valence-corrected chi connectivity index (χ4v) is 3.04. The minimum absolute atomic E-state index is 0.00288. The molecule has 0 atom stereocenters. The lowest BCUT2D eigenvalue weighted by Crippen LogP contribution is -2.52. The van der Waals surface area contributed by atoms with Gasteiger partial charge in [0.2, 0.25) is 11.7 Å². The highest BCUT2D eigenvalue weighted by molar-refractivity contribution is 6.01. The largest absolute Gasteiger partial charge is 0.495 e. The number of rotatable bonds is 5. The number of para-hydroxylation sites is 2. The molecule has 2 amide bonds. The second-order valence-electron chi connectivity index (χ2n) is 6.72. The van der Waals surface area contributed by atoms with Gasteiger partial charge in [0, 0.05) is 19.2 Å². The summed E-state index contributed by atoms with van der Waals surface area (Å²) in [4.78, 5) is 28.3. The average Bonchev–Trinajstić information content (AvgIpc) is 3.08. The molecule has 0 aliphatic carbocycles. The molecule has 1 aromatic carbocycles. The summed E-state index contributed by atoms with van der Waals surface area (Å²) in [5.74, 6) is 0.777. The Balaban J connectivity index is 1.69. The number of carbonyl (C=O) groups excluding carboxylic acids is 2. The molecule has 0 unspecified atom stereocenters. The van der Waals surface area contributed by atoms with Gasteiger partial charge in [-0.3, -0.25) is 9.59 Å². The Kier molecular flexibility index (Phi) is 5.25. The van der Waals surface area contributed by atoms with Crippen LogP contribution >= 0.6 is 0 Å². The van der Waals surface area contributed by atoms with Gasteiger partial charge in [-0.2, -0.15) is 0 Å². The molecule has 1 aromatic heterocycles. The quantitative estimate of drug-likeness (QED) is 0.821. The number of ether oxygens (including phenoxy) is 1. The van der Waals surface area contributed by atoms with E-state index in [-0.39, 0.29) is 24.1 Å². The van der Waals surface area contributed by atoms with Crippen LogP contribution in [0, 0.1) is 5.92 Å². The zero-order valence-electron chi connectivity index (χ0n) is 15.3. The normalized spacial score (nSPS) is 14.8. The predicted octanol–water partition coefficient (Wildman–Crippen LogP) is 2.37. The number of anilines is 1. The molecular weight excluding hydrogens is 334 g/mol. The van der Waals surface area contributed by atoms with Crippen LogP contribution in [-0.4, -0.2) is 48.6 Å². The van der Waals surface area contributed by atoms with Crippen LogP contribution in [0.2, 0.25) is 0 Å². The minimum Gasteiger partial charge on any atom is -0.495 e. The van der Waals surface area contributed by atoms with Crippen LogP contribution in [0.5, 0.6) is 5.75 Å². The number of benzene rings is 1. The first kappa shape index (κ1) is 18.0. The molecule has 1 saturated heterocycles. The highest BCUT2D eigenvalue weighted by Crippen LogP contribution is 2.29. The van der Waals surface area contributed by atoms with Gasteiger partial charge in [0.1, 0.15) is 12.3 Å². The van der Waals surface area contributed by atoms with E-state index in [9.17, 15) is 9.59 Å². The van der Waals surface area contributed by atoms with Gasteiger partial charge in [-0.05, 0) is 24.5 Å². The van der Waals surface area contributed by atoms with Crippen LogP contribution in [0.3, 0.4) is 0 Å². The van der Waals surface area contributed by atoms with Gasteiger partial charge in [0.05, 0.1) is 18.5 Å². The van der Waals surface area contributed by atoms with E-state index in [0.29, 0.717) is 30.4 Å². The molecule has 1 fully saturated rings. The lowest BCUT2D eigenvalue weighted by Gasteiger charge is -2.34. The first-order valence-electron chi connectivity index (χ1n) is 8.68. The fourth-order valence-electron chi connectivity index (χ4n) is 3.04. The van der Waals surface area contributed by atoms with Crippen molar-refractivity contribution in [3.63, 3.8) is 0 Å². The maximum Gasteiger partial charge on any atom is 0.293 e. The predicted molar refractivity (Wildman–Crippen MR) is 96.3 cm³/mol. The van der Waals surface area contributed by atoms with Gasteiger partial charge in [0.25, 0.3) is 5.91 Å². The van der Waals surface area contributed by atoms with E-state index in [1.807, 2.05) is 24.3 Å². The zero-order valence-corrected chi connectivity index (χ0v) is 15.3. The van der Waals surface area contributed by atoms with Crippen molar-refractivity contribution in [2.45, 2.75) is 20.3 Å². The van der Waals surface area contributed by atoms with E-state index >= 15 is 0 Å². The Hall–Kier alpha value is -2.83. The van der Waals surface area contributed by atoms with Crippen LogP contribution < -0.4 is 9.64 Å². The maximum absolute atomic E-state index is 12.6. The Bertz CT molecular complexity index is 800. The Labute approximate surface area is 152 Å². The van der Waals surface area contributed by atoms with E-state index < -0.39 is 0 Å². The summed E-state index contributed by atoms with van der Waals surface area (Å²) < 4.78 is 10.5. The number of hydrogen-bond acceptors (Lipinski definition) is 5. The van der Waals surface area contributed by atoms with Gasteiger partial charge in [-0.15, -0.1) is 0 Å². The van der Waals surface area contributed by atoms with E-state index in [4.69, 9.17) is 9.26 Å². The first-order valence-corrected chi connectivity index (χ1v) is 8.68. The van der Waals surface area contributed by atoms with Crippen molar-refractivity contribution in [1.29, 1.82) is 0 Å². The van der Waals surface area contributed by atoms with Crippen LogP contribution in [-0.2, 0) is 11.2 Å². The van der Waals surface area contributed by atoms with Crippen molar-refractivity contribution >= 4 is 17.5 Å². The van der Waals surface area contributed by atoms with Crippen molar-refractivity contribution in [2.24, 2.45) is 5.92 Å². The molecule has 3 rings (SSSR count). The number of nitrogens with zero attached hydrogens (tertiary/aromatic N) is 3. The summed E-state index contributed by atoms with van der Waals surface area (Å²) in [5.41, 5.74) is 1.47. The summed E-state index contributed by atoms with van der Waals surface area (Å²) in [7, 11) is 1.57. The minimum atomic E-state index is -0.305. The van der Waals surface area contributed by atoms with E-state index in [1.54, 1.807) is 18.1 Å². The van der Waals surface area contributed by atoms with Crippen LogP contribution in [0.1, 0.15) is 30.1 Å². The van der Waals surface area contributed by atoms with Crippen LogP contribution in [0.4, 0.5) is 5.69 Å². The van der Waals surface area contributed by atoms with Crippen molar-refractivity contribution in [1.82, 2.24) is 10.1 Å². The molecule has 7 heteroatoms. The summed E-state index contributed by atoms with van der Waals surface area (Å²) in [5, 5.41) is 3.94. The van der Waals surface area contributed by atoms with Crippen LogP contribution in [0.25, 0.3) is 0 Å². The summed E-state index contributed by atoms with van der Waals surface area (Å²) in [6, 6.07) is 9.02. The zero-order chi connectivity index (χ0) is 18.7. The second kappa shape index (κ2) is 7.59. The van der Waals surface area contributed by atoms with Gasteiger partial charge in [-0.1, -0.05) is 31.1 Å². The third-order valence-corrected chi connectivity index (χ3v) is 4.27. The molecule has 138 valence electrons. The smallest absolute Gasteiger partial charge is 0.293 e. The lowest BCUT2D eigenvalue weighted by atomic mass is 10.1. The number of piperazine rings is 1. The molecule has 7 nitrogen and oxygen atoms in total. The molecule has 26 heavy (non-hydrogen) atoms. The van der Waals surface area contributed by atoms with Crippen molar-refractivity contribution in [2.75, 3.05) is 31.6 Å². The van der Waals surface area contributed by atoms with Crippen molar-refractivity contribution in [3.8, 4) is 5.75 Å². The summed E-state index contributed by atoms with van der Waals surface area (Å²) in [6.45, 7) is 4.97. The van der Waals surface area contributed by atoms with Crippen molar-refractivity contribution in [3.05, 3.63) is 41.8 Å². The van der Waals surface area contributed by atoms with Gasteiger partial charge < -0.3 is 19.1 Å². The highest BCUT2D eigenvalue weighted by Gasteiger charge is 2.31. The summed E-state index contributed by atoms with van der Waals surface area (Å²) in [6.07, 6.45) is 0.747. The maximum atomic E-state index is 12.6. The van der Waals surface area contributed by atoms with Crippen molar-refractivity contribution < 1.29 is 18.8 Å². The molecule has 2 aromatic rings. The van der Waals surface area contributed by atoms with Crippen LogP contribution in [0.15, 0.2) is 34.9 Å². The molecule has 0 saturated carbocycles. The standard InChI is InChI=1S/C19H23N3O4/c1-13(2)10-14-11-17(26-20-14)19(24)21-8-9-22(18(23)12-21)15-6-4-5-7-16(15)25-3/h4-7,11,13H,8-10,12H2,1-3H3. The molecule has 1 aliphatic rings. The molecule has 0 spiro atoms. The molecular formula is C19H23N3O4. The summed E-state index contributed by atoms with van der Waals surface area (Å²) >= 11 is 0. The number of amides is 2. The number of hydrogen-bond donors (Lipinski definition) is 0. The lowest BCUT2D eigenvalue weighted by molar-refractivity contribution is -0.120. The number of carbonyl (C=O) groups is 2. The topological polar surface area (TPSA) is 75.9 Å². The first-order chi connectivity index (χ1) is 12.5. The Morgan fingerprint density at radius 3 is 2.77 bits per heavy atom. The Morgan fingerprint density at radius 1 is 1.31 bits per heavy atom. The molecule has 0 N–H and O–H groups in total. The fraction of sp³-hybridized carbons (Fsp3) is 0.421. The molecule has 0 bridgehead atoms. The molecule has 0 radical (unpaired) electrons. The number of aromatic nitrogens is 1. The number of methoxy groups -OCH3 is 1. The Morgan fingerprint density at radius 2 is 2.08 bits per heavy atom. The van der Waals surface area contributed by atoms with Gasteiger partial charge >= 0.3 is 0 Å². The van der Waals surface area contributed by atoms with E-state index in [0.717, 1.165) is 12.1 Å². The SMILES string of the molecule is COc1ccccc1N1CCN(C(=O)c2cc(CC(C)C)no2)CC1=O. The molecule has 2 heterocycles. The molecule has 1 aliphatic heterocycles. The highest BCUT2D eigenvalue weighted by atomic mass is 16.5. The second-order valence-corrected chi connectivity index (χ2v) is 6.72. The third kappa shape index (κ3) is 3.71. The monoisotopic (exact) mass is 357 g/mol. The third-order valence-electron chi connectivity index (χ3n) is 4.27. The van der Waals surface area contributed by atoms with Gasteiger partial charge in [-0.25, -0.2) is 0 Å². The van der Waals surface area contributed by atoms with Gasteiger partial charge in [0.15, 0.2) is 0 Å². The average molecular weight is 357 g/mol.